The number of amides is 1. The standard InChI is InChI=1S/C19H22BrNO3/c1-23-17-9-7-14(13-18(17)24-2)11-12-21-19(22)10-8-15-5-3-4-6-16(15)20/h3-7,9,13H,8,10-12H2,1-2H3,(H,21,22). The lowest BCUT2D eigenvalue weighted by molar-refractivity contribution is -0.121. The molecule has 5 heteroatoms. The van der Waals surface area contributed by atoms with Crippen molar-refractivity contribution >= 4 is 21.8 Å². The zero-order chi connectivity index (χ0) is 17.4. The average molecular weight is 392 g/mol. The van der Waals surface area contributed by atoms with Gasteiger partial charge < -0.3 is 14.8 Å². The zero-order valence-electron chi connectivity index (χ0n) is 14.0. The molecule has 0 atom stereocenters. The van der Waals surface area contributed by atoms with E-state index in [1.54, 1.807) is 14.2 Å². The Balaban J connectivity index is 1.77. The van der Waals surface area contributed by atoms with Gasteiger partial charge in [-0.1, -0.05) is 40.2 Å². The van der Waals surface area contributed by atoms with E-state index in [9.17, 15) is 4.79 Å². The van der Waals surface area contributed by atoms with Gasteiger partial charge in [0, 0.05) is 17.4 Å². The van der Waals surface area contributed by atoms with E-state index in [0.29, 0.717) is 24.5 Å². The number of carbonyl (C=O) groups excluding carboxylic acids is 1. The summed E-state index contributed by atoms with van der Waals surface area (Å²) in [5, 5.41) is 2.96. The Labute approximate surface area is 151 Å². The number of nitrogens with one attached hydrogen (secondary N) is 1. The Morgan fingerprint density at radius 1 is 1.04 bits per heavy atom. The summed E-state index contributed by atoms with van der Waals surface area (Å²) in [5.41, 5.74) is 2.24. The summed E-state index contributed by atoms with van der Waals surface area (Å²) in [5.74, 6) is 1.47. The number of aryl methyl sites for hydroxylation is 1. The second kappa shape index (κ2) is 9.33. The number of methoxy groups -OCH3 is 2. The van der Waals surface area contributed by atoms with E-state index in [0.717, 1.165) is 28.4 Å². The lowest BCUT2D eigenvalue weighted by Gasteiger charge is -2.10. The number of rotatable bonds is 8. The molecule has 1 N–H and O–H groups in total. The molecule has 0 bridgehead atoms. The van der Waals surface area contributed by atoms with Gasteiger partial charge in [0.2, 0.25) is 5.91 Å². The van der Waals surface area contributed by atoms with Crippen molar-refractivity contribution in [2.45, 2.75) is 19.3 Å². The van der Waals surface area contributed by atoms with Crippen molar-refractivity contribution in [3.63, 3.8) is 0 Å². The smallest absolute Gasteiger partial charge is 0.220 e. The molecule has 24 heavy (non-hydrogen) atoms. The third-order valence-electron chi connectivity index (χ3n) is 3.76. The lowest BCUT2D eigenvalue weighted by atomic mass is 10.1. The van der Waals surface area contributed by atoms with Gasteiger partial charge in [0.15, 0.2) is 11.5 Å². The van der Waals surface area contributed by atoms with Gasteiger partial charge in [0.25, 0.3) is 0 Å². The van der Waals surface area contributed by atoms with Gasteiger partial charge in [0.05, 0.1) is 14.2 Å². The maximum absolute atomic E-state index is 12.0. The molecule has 4 nitrogen and oxygen atoms in total. The van der Waals surface area contributed by atoms with Crippen molar-refractivity contribution in [3.05, 3.63) is 58.1 Å². The summed E-state index contributed by atoms with van der Waals surface area (Å²) in [6.07, 6.45) is 1.96. The normalized spacial score (nSPS) is 10.3. The van der Waals surface area contributed by atoms with Gasteiger partial charge in [-0.15, -0.1) is 0 Å². The van der Waals surface area contributed by atoms with Crippen molar-refractivity contribution < 1.29 is 14.3 Å². The molecular formula is C19H22BrNO3. The SMILES string of the molecule is COc1ccc(CCNC(=O)CCc2ccccc2Br)cc1OC. The number of hydrogen-bond donors (Lipinski definition) is 1. The minimum Gasteiger partial charge on any atom is -0.493 e. The Kier molecular flexibility index (Phi) is 7.12. The van der Waals surface area contributed by atoms with E-state index >= 15 is 0 Å². The van der Waals surface area contributed by atoms with Crippen molar-refractivity contribution in [1.82, 2.24) is 5.32 Å². The minimum absolute atomic E-state index is 0.0613. The molecule has 0 fully saturated rings. The molecule has 0 aromatic heterocycles. The van der Waals surface area contributed by atoms with Crippen LogP contribution in [-0.2, 0) is 17.6 Å². The van der Waals surface area contributed by atoms with Gasteiger partial charge in [-0.2, -0.15) is 0 Å². The van der Waals surface area contributed by atoms with Crippen LogP contribution in [0.25, 0.3) is 0 Å². The number of ether oxygens (including phenoxy) is 2. The summed E-state index contributed by atoms with van der Waals surface area (Å²) in [4.78, 5) is 12.0. The van der Waals surface area contributed by atoms with Crippen LogP contribution < -0.4 is 14.8 Å². The van der Waals surface area contributed by atoms with Crippen LogP contribution in [0.5, 0.6) is 11.5 Å². The van der Waals surface area contributed by atoms with Crippen LogP contribution in [-0.4, -0.2) is 26.7 Å². The van der Waals surface area contributed by atoms with E-state index in [-0.39, 0.29) is 5.91 Å². The van der Waals surface area contributed by atoms with Crippen LogP contribution >= 0.6 is 15.9 Å². The van der Waals surface area contributed by atoms with Crippen molar-refractivity contribution in [2.24, 2.45) is 0 Å². The average Bonchev–Trinajstić information content (AvgIpc) is 2.61. The minimum atomic E-state index is 0.0613. The van der Waals surface area contributed by atoms with Crippen LogP contribution in [0.4, 0.5) is 0 Å². The summed E-state index contributed by atoms with van der Waals surface area (Å²) in [6, 6.07) is 13.8. The van der Waals surface area contributed by atoms with Crippen LogP contribution in [0, 0.1) is 0 Å². The Morgan fingerprint density at radius 2 is 1.79 bits per heavy atom. The second-order valence-electron chi connectivity index (χ2n) is 5.38. The molecule has 0 aliphatic carbocycles. The monoisotopic (exact) mass is 391 g/mol. The topological polar surface area (TPSA) is 47.6 Å². The van der Waals surface area contributed by atoms with Gasteiger partial charge >= 0.3 is 0 Å². The fraction of sp³-hybridized carbons (Fsp3) is 0.316. The molecule has 0 saturated heterocycles. The van der Waals surface area contributed by atoms with Gasteiger partial charge in [-0.05, 0) is 42.2 Å². The number of halogens is 1. The molecule has 0 aliphatic heterocycles. The van der Waals surface area contributed by atoms with Crippen LogP contribution in [0.1, 0.15) is 17.5 Å². The fourth-order valence-corrected chi connectivity index (χ4v) is 2.90. The maximum Gasteiger partial charge on any atom is 0.220 e. The van der Waals surface area contributed by atoms with E-state index in [4.69, 9.17) is 9.47 Å². The third-order valence-corrected chi connectivity index (χ3v) is 4.54. The first-order valence-electron chi connectivity index (χ1n) is 7.85. The van der Waals surface area contributed by atoms with Gasteiger partial charge in [-0.3, -0.25) is 4.79 Å². The largest absolute Gasteiger partial charge is 0.493 e. The number of benzene rings is 2. The van der Waals surface area contributed by atoms with E-state index < -0.39 is 0 Å². The van der Waals surface area contributed by atoms with Crippen molar-refractivity contribution in [3.8, 4) is 11.5 Å². The summed E-state index contributed by atoms with van der Waals surface area (Å²) in [7, 11) is 3.23. The third kappa shape index (κ3) is 5.27. The van der Waals surface area contributed by atoms with E-state index in [1.165, 1.54) is 0 Å². The fourth-order valence-electron chi connectivity index (χ4n) is 2.42. The molecule has 0 unspecified atom stereocenters. The molecule has 2 rings (SSSR count). The summed E-state index contributed by atoms with van der Waals surface area (Å²) < 4.78 is 11.5. The first kappa shape index (κ1) is 18.3. The molecule has 2 aromatic rings. The zero-order valence-corrected chi connectivity index (χ0v) is 15.6. The van der Waals surface area contributed by atoms with Crippen LogP contribution in [0.3, 0.4) is 0 Å². The predicted molar refractivity (Wildman–Crippen MR) is 98.7 cm³/mol. The number of hydrogen-bond acceptors (Lipinski definition) is 3. The summed E-state index contributed by atoms with van der Waals surface area (Å²) >= 11 is 3.50. The molecule has 0 radical (unpaired) electrons. The molecular weight excluding hydrogens is 370 g/mol. The van der Waals surface area contributed by atoms with Crippen molar-refractivity contribution in [2.75, 3.05) is 20.8 Å². The first-order valence-corrected chi connectivity index (χ1v) is 8.64. The predicted octanol–water partition coefficient (Wildman–Crippen LogP) is 3.76. The lowest BCUT2D eigenvalue weighted by Crippen LogP contribution is -2.25. The quantitative estimate of drug-likeness (QED) is 0.744. The summed E-state index contributed by atoms with van der Waals surface area (Å²) in [6.45, 7) is 0.601. The van der Waals surface area contributed by atoms with E-state index in [2.05, 4.69) is 21.2 Å². The molecule has 128 valence electrons. The molecule has 2 aromatic carbocycles. The highest BCUT2D eigenvalue weighted by Crippen LogP contribution is 2.27. The second-order valence-corrected chi connectivity index (χ2v) is 6.24. The first-order chi connectivity index (χ1) is 11.6. The molecule has 0 aliphatic rings. The highest BCUT2D eigenvalue weighted by atomic mass is 79.9. The highest BCUT2D eigenvalue weighted by Gasteiger charge is 2.06. The molecule has 1 amide bonds. The Bertz CT molecular complexity index is 688. The van der Waals surface area contributed by atoms with Crippen LogP contribution in [0.15, 0.2) is 46.9 Å². The van der Waals surface area contributed by atoms with Gasteiger partial charge in [0.1, 0.15) is 0 Å². The number of carbonyl (C=O) groups is 1. The van der Waals surface area contributed by atoms with Gasteiger partial charge in [-0.25, -0.2) is 0 Å². The Morgan fingerprint density at radius 3 is 2.50 bits per heavy atom. The van der Waals surface area contributed by atoms with Crippen LogP contribution in [0.2, 0.25) is 0 Å². The molecule has 0 spiro atoms. The van der Waals surface area contributed by atoms with Crippen molar-refractivity contribution in [1.29, 1.82) is 0 Å². The maximum atomic E-state index is 12.0. The van der Waals surface area contributed by atoms with E-state index in [1.807, 2.05) is 42.5 Å². The highest BCUT2D eigenvalue weighted by molar-refractivity contribution is 9.10. The molecule has 0 saturated carbocycles. The molecule has 0 heterocycles. The Hall–Kier alpha value is -2.01.